The number of rotatable bonds is 8. The van der Waals surface area contributed by atoms with Gasteiger partial charge in [0.05, 0.1) is 5.56 Å². The fourth-order valence-corrected chi connectivity index (χ4v) is 2.78. The summed E-state index contributed by atoms with van der Waals surface area (Å²) in [6.07, 6.45) is -0.896. The predicted octanol–water partition coefficient (Wildman–Crippen LogP) is 3.10. The third-order valence-corrected chi connectivity index (χ3v) is 4.33. The number of nitrogens with zero attached hydrogens (tertiary/aromatic N) is 1. The van der Waals surface area contributed by atoms with E-state index in [0.717, 1.165) is 11.1 Å². The van der Waals surface area contributed by atoms with Crippen LogP contribution in [0.4, 0.5) is 4.79 Å². The van der Waals surface area contributed by atoms with Crippen molar-refractivity contribution in [3.63, 3.8) is 0 Å². The number of esters is 1. The lowest BCUT2D eigenvalue weighted by Gasteiger charge is -2.21. The summed E-state index contributed by atoms with van der Waals surface area (Å²) in [5, 5.41) is 5.48. The highest BCUT2D eigenvalue weighted by Gasteiger charge is 2.22. The summed E-state index contributed by atoms with van der Waals surface area (Å²) in [5.74, 6) is -0.842. The van der Waals surface area contributed by atoms with Gasteiger partial charge in [-0.15, -0.1) is 0 Å². The molecule has 2 N–H and O–H groups in total. The topological polar surface area (TPSA) is 87.7 Å². The molecule has 1 atom stereocenters. The number of hydrogen-bond donors (Lipinski definition) is 2. The molecule has 0 bridgehead atoms. The number of likely N-dealkylation sites (N-methyl/N-ethyl adjacent to an activating group) is 1. The third-order valence-electron chi connectivity index (χ3n) is 4.33. The van der Waals surface area contributed by atoms with Gasteiger partial charge in [-0.3, -0.25) is 4.79 Å². The van der Waals surface area contributed by atoms with Crippen LogP contribution in [0.5, 0.6) is 0 Å². The summed E-state index contributed by atoms with van der Waals surface area (Å²) in [6.45, 7) is 6.10. The number of carbonyl (C=O) groups excluding carboxylic acids is 3. The molecule has 0 radical (unpaired) electrons. The molecule has 0 saturated heterocycles. The Hall–Kier alpha value is -3.35. The number of amides is 3. The average molecular weight is 412 g/mol. The summed E-state index contributed by atoms with van der Waals surface area (Å²) in [7, 11) is 1.68. The Labute approximate surface area is 177 Å². The summed E-state index contributed by atoms with van der Waals surface area (Å²) in [5.41, 5.74) is 2.19. The van der Waals surface area contributed by atoms with Crippen molar-refractivity contribution < 1.29 is 19.1 Å². The Morgan fingerprint density at radius 1 is 0.933 bits per heavy atom. The average Bonchev–Trinajstić information content (AvgIpc) is 2.72. The van der Waals surface area contributed by atoms with Gasteiger partial charge in [-0.25, -0.2) is 9.59 Å². The first-order valence-corrected chi connectivity index (χ1v) is 9.89. The van der Waals surface area contributed by atoms with Gasteiger partial charge in [0.1, 0.15) is 0 Å². The maximum Gasteiger partial charge on any atom is 0.338 e. The predicted molar refractivity (Wildman–Crippen MR) is 115 cm³/mol. The normalized spacial score (nSPS) is 11.5. The molecular formula is C23H29N3O4. The van der Waals surface area contributed by atoms with Crippen LogP contribution in [0.25, 0.3) is 0 Å². The van der Waals surface area contributed by atoms with E-state index in [-0.39, 0.29) is 18.0 Å². The van der Waals surface area contributed by atoms with Crippen LogP contribution in [-0.4, -0.2) is 42.0 Å². The van der Waals surface area contributed by atoms with Gasteiger partial charge < -0.3 is 20.3 Å². The molecule has 160 valence electrons. The van der Waals surface area contributed by atoms with Crippen LogP contribution < -0.4 is 10.6 Å². The molecule has 2 rings (SSSR count). The van der Waals surface area contributed by atoms with Gasteiger partial charge >= 0.3 is 12.0 Å². The van der Waals surface area contributed by atoms with Crippen molar-refractivity contribution in [1.29, 1.82) is 0 Å². The van der Waals surface area contributed by atoms with E-state index in [2.05, 4.69) is 10.6 Å². The van der Waals surface area contributed by atoms with Gasteiger partial charge in [0.25, 0.3) is 5.91 Å². The Morgan fingerprint density at radius 3 is 2.17 bits per heavy atom. The molecule has 0 heterocycles. The van der Waals surface area contributed by atoms with Crippen molar-refractivity contribution >= 4 is 17.9 Å². The highest BCUT2D eigenvalue weighted by molar-refractivity contribution is 5.92. The Balaban J connectivity index is 1.85. The molecule has 7 nitrogen and oxygen atoms in total. The molecule has 7 heteroatoms. The fourth-order valence-electron chi connectivity index (χ4n) is 2.78. The zero-order chi connectivity index (χ0) is 22.1. The van der Waals surface area contributed by atoms with Crippen LogP contribution in [0, 0.1) is 0 Å². The molecule has 30 heavy (non-hydrogen) atoms. The minimum atomic E-state index is -0.896. The standard InChI is InChI=1S/C23H29N3O4/c1-16(2)25-23(29)24-14-18-10-12-20(13-11-18)22(28)30-17(3)21(27)26(4)15-19-8-6-5-7-9-19/h5-13,16-17H,14-15H2,1-4H3,(H2,24,25,29)/t17-/m0/s1. The molecule has 0 aliphatic rings. The second-order valence-electron chi connectivity index (χ2n) is 7.41. The molecule has 2 aromatic carbocycles. The van der Waals surface area contributed by atoms with E-state index < -0.39 is 12.1 Å². The lowest BCUT2D eigenvalue weighted by Crippen LogP contribution is -2.39. The second kappa shape index (κ2) is 11.0. The van der Waals surface area contributed by atoms with Crippen molar-refractivity contribution in [3.8, 4) is 0 Å². The first-order valence-electron chi connectivity index (χ1n) is 9.89. The molecule has 0 unspecified atom stereocenters. The smallest absolute Gasteiger partial charge is 0.338 e. The molecule has 0 spiro atoms. The quantitative estimate of drug-likeness (QED) is 0.654. The molecule has 0 aliphatic heterocycles. The maximum atomic E-state index is 12.5. The van der Waals surface area contributed by atoms with Crippen LogP contribution in [0.15, 0.2) is 54.6 Å². The summed E-state index contributed by atoms with van der Waals surface area (Å²) in [6, 6.07) is 16.1. The molecule has 3 amide bonds. The van der Waals surface area contributed by atoms with E-state index in [1.807, 2.05) is 44.2 Å². The molecular weight excluding hydrogens is 382 g/mol. The minimum absolute atomic E-state index is 0.0542. The van der Waals surface area contributed by atoms with E-state index in [9.17, 15) is 14.4 Å². The highest BCUT2D eigenvalue weighted by atomic mass is 16.5. The van der Waals surface area contributed by atoms with Crippen LogP contribution in [0.1, 0.15) is 42.3 Å². The van der Waals surface area contributed by atoms with Crippen molar-refractivity contribution in [1.82, 2.24) is 15.5 Å². The lowest BCUT2D eigenvalue weighted by atomic mass is 10.1. The largest absolute Gasteiger partial charge is 0.449 e. The van der Waals surface area contributed by atoms with Crippen molar-refractivity contribution in [2.75, 3.05) is 7.05 Å². The van der Waals surface area contributed by atoms with Gasteiger partial charge in [-0.05, 0) is 44.0 Å². The van der Waals surface area contributed by atoms with Crippen LogP contribution in [-0.2, 0) is 22.6 Å². The van der Waals surface area contributed by atoms with Gasteiger partial charge in [-0.2, -0.15) is 0 Å². The van der Waals surface area contributed by atoms with Gasteiger partial charge in [0.15, 0.2) is 6.10 Å². The first-order chi connectivity index (χ1) is 14.3. The van der Waals surface area contributed by atoms with Crippen molar-refractivity contribution in [2.45, 2.75) is 46.0 Å². The lowest BCUT2D eigenvalue weighted by molar-refractivity contribution is -0.139. The molecule has 0 saturated carbocycles. The van der Waals surface area contributed by atoms with Crippen LogP contribution >= 0.6 is 0 Å². The molecule has 0 aromatic heterocycles. The fraction of sp³-hybridized carbons (Fsp3) is 0.348. The van der Waals surface area contributed by atoms with Crippen LogP contribution in [0.3, 0.4) is 0 Å². The summed E-state index contributed by atoms with van der Waals surface area (Å²) in [4.78, 5) is 38.0. The SMILES string of the molecule is CC(C)NC(=O)NCc1ccc(C(=O)O[C@@H](C)C(=O)N(C)Cc2ccccc2)cc1. The molecule has 0 aliphatic carbocycles. The van der Waals surface area contributed by atoms with Crippen LogP contribution in [0.2, 0.25) is 0 Å². The maximum absolute atomic E-state index is 12.5. The zero-order valence-corrected chi connectivity index (χ0v) is 17.8. The van der Waals surface area contributed by atoms with Gasteiger partial charge in [-0.1, -0.05) is 42.5 Å². The highest BCUT2D eigenvalue weighted by Crippen LogP contribution is 2.10. The van der Waals surface area contributed by atoms with E-state index in [1.54, 1.807) is 38.2 Å². The van der Waals surface area contributed by atoms with E-state index >= 15 is 0 Å². The van der Waals surface area contributed by atoms with Crippen molar-refractivity contribution in [3.05, 3.63) is 71.3 Å². The minimum Gasteiger partial charge on any atom is -0.449 e. The monoisotopic (exact) mass is 411 g/mol. The number of ether oxygens (including phenoxy) is 1. The summed E-state index contributed by atoms with van der Waals surface area (Å²) >= 11 is 0. The third kappa shape index (κ3) is 7.24. The number of carbonyl (C=O) groups is 3. The van der Waals surface area contributed by atoms with Gasteiger partial charge in [0, 0.05) is 26.2 Å². The second-order valence-corrected chi connectivity index (χ2v) is 7.41. The molecule has 2 aromatic rings. The van der Waals surface area contributed by atoms with E-state index in [1.165, 1.54) is 4.90 Å². The first kappa shape index (κ1) is 22.9. The summed E-state index contributed by atoms with van der Waals surface area (Å²) < 4.78 is 5.33. The number of urea groups is 1. The van der Waals surface area contributed by atoms with Crippen molar-refractivity contribution in [2.24, 2.45) is 0 Å². The Kier molecular flexibility index (Phi) is 8.41. The van der Waals surface area contributed by atoms with E-state index in [4.69, 9.17) is 4.74 Å². The number of benzene rings is 2. The zero-order valence-electron chi connectivity index (χ0n) is 17.8. The Bertz CT molecular complexity index is 851. The number of hydrogen-bond acceptors (Lipinski definition) is 4. The van der Waals surface area contributed by atoms with E-state index in [0.29, 0.717) is 18.7 Å². The van der Waals surface area contributed by atoms with Gasteiger partial charge in [0.2, 0.25) is 0 Å². The Morgan fingerprint density at radius 2 is 1.57 bits per heavy atom. The number of nitrogens with one attached hydrogen (secondary N) is 2. The molecule has 0 fully saturated rings.